The standard InChI is InChI=1S/C16H16ClNO2/c1-11-7-9-16(10-8-11)12(2)18(15(19)20-16)14-5-3-13(17)4-6-14/h3-7H,2,8-10H2,1H3. The zero-order valence-corrected chi connectivity index (χ0v) is 12.1. The number of carbonyl (C=O) groups excluding carboxylic acids is 1. The van der Waals surface area contributed by atoms with Crippen molar-refractivity contribution in [1.29, 1.82) is 0 Å². The lowest BCUT2D eigenvalue weighted by atomic mass is 9.84. The third-order valence-corrected chi connectivity index (χ3v) is 4.30. The van der Waals surface area contributed by atoms with Crippen LogP contribution in [-0.4, -0.2) is 11.7 Å². The molecule has 1 atom stereocenters. The number of nitrogens with zero attached hydrogens (tertiary/aromatic N) is 1. The normalized spacial score (nSPS) is 25.9. The van der Waals surface area contributed by atoms with Gasteiger partial charge < -0.3 is 4.74 Å². The molecule has 1 spiro atoms. The number of anilines is 1. The van der Waals surface area contributed by atoms with E-state index < -0.39 is 5.60 Å². The van der Waals surface area contributed by atoms with Crippen molar-refractivity contribution in [1.82, 2.24) is 0 Å². The highest BCUT2D eigenvalue weighted by Crippen LogP contribution is 2.44. The highest BCUT2D eigenvalue weighted by atomic mass is 35.5. The van der Waals surface area contributed by atoms with E-state index in [0.29, 0.717) is 17.1 Å². The van der Waals surface area contributed by atoms with E-state index in [1.807, 2.05) is 0 Å². The van der Waals surface area contributed by atoms with Crippen molar-refractivity contribution in [3.8, 4) is 0 Å². The van der Waals surface area contributed by atoms with Crippen molar-refractivity contribution >= 4 is 23.4 Å². The second kappa shape index (κ2) is 4.67. The van der Waals surface area contributed by atoms with E-state index in [1.54, 1.807) is 29.2 Å². The van der Waals surface area contributed by atoms with Crippen LogP contribution in [0.3, 0.4) is 0 Å². The van der Waals surface area contributed by atoms with Gasteiger partial charge in [0.1, 0.15) is 0 Å². The number of amides is 1. The Morgan fingerprint density at radius 1 is 1.35 bits per heavy atom. The number of halogens is 1. The van der Waals surface area contributed by atoms with Crippen LogP contribution in [0.4, 0.5) is 10.5 Å². The van der Waals surface area contributed by atoms with E-state index in [-0.39, 0.29) is 6.09 Å². The molecule has 1 aliphatic heterocycles. The molecule has 2 aliphatic rings. The zero-order valence-electron chi connectivity index (χ0n) is 11.4. The second-order valence-corrected chi connectivity index (χ2v) is 5.81. The summed E-state index contributed by atoms with van der Waals surface area (Å²) in [5, 5.41) is 0.637. The molecule has 3 rings (SSSR count). The summed E-state index contributed by atoms with van der Waals surface area (Å²) in [6.07, 6.45) is 4.20. The Hall–Kier alpha value is -1.74. The molecule has 0 bridgehead atoms. The summed E-state index contributed by atoms with van der Waals surface area (Å²) in [5.74, 6) is 0. The van der Waals surface area contributed by atoms with Gasteiger partial charge in [-0.3, -0.25) is 0 Å². The third-order valence-electron chi connectivity index (χ3n) is 4.05. The lowest BCUT2D eigenvalue weighted by Crippen LogP contribution is -2.33. The van der Waals surface area contributed by atoms with Gasteiger partial charge in [-0.25, -0.2) is 9.69 Å². The molecule has 1 saturated heterocycles. The van der Waals surface area contributed by atoms with Crippen molar-refractivity contribution in [2.24, 2.45) is 0 Å². The van der Waals surface area contributed by atoms with Crippen molar-refractivity contribution in [2.75, 3.05) is 4.90 Å². The average molecular weight is 290 g/mol. The minimum absolute atomic E-state index is 0.356. The molecule has 4 heteroatoms. The largest absolute Gasteiger partial charge is 0.435 e. The molecule has 0 N–H and O–H groups in total. The Kier molecular flexibility index (Phi) is 3.09. The molecular formula is C16H16ClNO2. The van der Waals surface area contributed by atoms with Gasteiger partial charge in [-0.15, -0.1) is 0 Å². The number of allylic oxidation sites excluding steroid dienone is 1. The topological polar surface area (TPSA) is 29.5 Å². The van der Waals surface area contributed by atoms with Crippen molar-refractivity contribution in [3.63, 3.8) is 0 Å². The van der Waals surface area contributed by atoms with Gasteiger partial charge in [0.2, 0.25) is 0 Å². The Balaban J connectivity index is 1.93. The SMILES string of the molecule is C=C1N(c2ccc(Cl)cc2)C(=O)OC12CC=C(C)CC2. The van der Waals surface area contributed by atoms with Crippen LogP contribution in [0.25, 0.3) is 0 Å². The highest BCUT2D eigenvalue weighted by Gasteiger charge is 2.49. The van der Waals surface area contributed by atoms with Crippen LogP contribution in [0.1, 0.15) is 26.2 Å². The van der Waals surface area contributed by atoms with Crippen molar-refractivity contribution in [2.45, 2.75) is 31.8 Å². The van der Waals surface area contributed by atoms with Crippen LogP contribution >= 0.6 is 11.6 Å². The predicted octanol–water partition coefficient (Wildman–Crippen LogP) is 4.68. The Bertz CT molecular complexity index is 605. The smallest absolute Gasteiger partial charge is 0.419 e. The molecule has 3 nitrogen and oxygen atoms in total. The first kappa shape index (κ1) is 13.3. The van der Waals surface area contributed by atoms with E-state index >= 15 is 0 Å². The predicted molar refractivity (Wildman–Crippen MR) is 79.9 cm³/mol. The maximum atomic E-state index is 12.2. The molecule has 104 valence electrons. The second-order valence-electron chi connectivity index (χ2n) is 5.38. The first-order valence-electron chi connectivity index (χ1n) is 6.65. The summed E-state index contributed by atoms with van der Waals surface area (Å²) < 4.78 is 5.66. The van der Waals surface area contributed by atoms with E-state index in [2.05, 4.69) is 19.6 Å². The van der Waals surface area contributed by atoms with Gasteiger partial charge in [0.15, 0.2) is 5.60 Å². The van der Waals surface area contributed by atoms with Gasteiger partial charge in [0, 0.05) is 11.4 Å². The van der Waals surface area contributed by atoms with Gasteiger partial charge >= 0.3 is 6.09 Å². The van der Waals surface area contributed by atoms with Gasteiger partial charge in [-0.05, 0) is 44.0 Å². The summed E-state index contributed by atoms with van der Waals surface area (Å²) >= 11 is 5.88. The number of hydrogen-bond acceptors (Lipinski definition) is 2. The number of benzene rings is 1. The third kappa shape index (κ3) is 2.02. The maximum absolute atomic E-state index is 12.2. The first-order chi connectivity index (χ1) is 9.52. The maximum Gasteiger partial charge on any atom is 0.419 e. The van der Waals surface area contributed by atoms with Crippen LogP contribution in [0.5, 0.6) is 0 Å². The van der Waals surface area contributed by atoms with Crippen molar-refractivity contribution < 1.29 is 9.53 Å². The van der Waals surface area contributed by atoms with Gasteiger partial charge in [0.05, 0.1) is 11.4 Å². The van der Waals surface area contributed by atoms with Crippen LogP contribution < -0.4 is 4.90 Å². The molecule has 1 aliphatic carbocycles. The van der Waals surface area contributed by atoms with Crippen LogP contribution in [0.15, 0.2) is 48.2 Å². The Labute approximate surface area is 123 Å². The van der Waals surface area contributed by atoms with Crippen LogP contribution in [-0.2, 0) is 4.74 Å². The fourth-order valence-corrected chi connectivity index (χ4v) is 2.86. The minimum atomic E-state index is -0.573. The van der Waals surface area contributed by atoms with Crippen LogP contribution in [0, 0.1) is 0 Å². The summed E-state index contributed by atoms with van der Waals surface area (Å²) in [6.45, 7) is 6.21. The molecule has 0 saturated carbocycles. The number of carbonyl (C=O) groups is 1. The summed E-state index contributed by atoms with van der Waals surface area (Å²) in [6, 6.07) is 7.12. The molecule has 0 radical (unpaired) electrons. The average Bonchev–Trinajstić information content (AvgIpc) is 2.67. The van der Waals surface area contributed by atoms with E-state index in [1.165, 1.54) is 5.57 Å². The monoisotopic (exact) mass is 289 g/mol. The Morgan fingerprint density at radius 2 is 2.05 bits per heavy atom. The molecule has 1 aromatic rings. The molecule has 1 amide bonds. The van der Waals surface area contributed by atoms with Gasteiger partial charge in [-0.1, -0.05) is 29.8 Å². The van der Waals surface area contributed by atoms with Crippen LogP contribution in [0.2, 0.25) is 5.02 Å². The number of hydrogen-bond donors (Lipinski definition) is 0. The zero-order chi connectivity index (χ0) is 14.3. The summed E-state index contributed by atoms with van der Waals surface area (Å²) in [4.78, 5) is 13.8. The highest BCUT2D eigenvalue weighted by molar-refractivity contribution is 6.30. The van der Waals surface area contributed by atoms with Gasteiger partial charge in [0.25, 0.3) is 0 Å². The van der Waals surface area contributed by atoms with Gasteiger partial charge in [-0.2, -0.15) is 0 Å². The molecule has 1 fully saturated rings. The lowest BCUT2D eigenvalue weighted by molar-refractivity contribution is 0.0629. The molecule has 0 aromatic heterocycles. The van der Waals surface area contributed by atoms with E-state index in [0.717, 1.165) is 18.5 Å². The molecule has 1 unspecified atom stereocenters. The van der Waals surface area contributed by atoms with Crippen molar-refractivity contribution in [3.05, 3.63) is 53.2 Å². The molecule has 1 heterocycles. The molecule has 20 heavy (non-hydrogen) atoms. The lowest BCUT2D eigenvalue weighted by Gasteiger charge is -2.31. The fraction of sp³-hybridized carbons (Fsp3) is 0.312. The number of ether oxygens (including phenoxy) is 1. The van der Waals surface area contributed by atoms with E-state index in [9.17, 15) is 4.79 Å². The molecule has 1 aromatic carbocycles. The quantitative estimate of drug-likeness (QED) is 0.703. The summed E-state index contributed by atoms with van der Waals surface area (Å²) in [5.41, 5.74) is 2.22. The first-order valence-corrected chi connectivity index (χ1v) is 7.03. The Morgan fingerprint density at radius 3 is 2.65 bits per heavy atom. The minimum Gasteiger partial charge on any atom is -0.435 e. The fourth-order valence-electron chi connectivity index (χ4n) is 2.73. The summed E-state index contributed by atoms with van der Waals surface area (Å²) in [7, 11) is 0. The number of rotatable bonds is 1. The molecular weight excluding hydrogens is 274 g/mol. The van der Waals surface area contributed by atoms with E-state index in [4.69, 9.17) is 16.3 Å².